The summed E-state index contributed by atoms with van der Waals surface area (Å²) < 4.78 is 0. The van der Waals surface area contributed by atoms with E-state index in [9.17, 15) is 9.59 Å². The molecule has 0 fully saturated rings. The maximum Gasteiger partial charge on any atom is 0.303 e. The van der Waals surface area contributed by atoms with Crippen molar-refractivity contribution in [2.24, 2.45) is 0 Å². The van der Waals surface area contributed by atoms with E-state index in [1.807, 2.05) is 5.41 Å². The molecule has 0 saturated carbocycles. The van der Waals surface area contributed by atoms with Crippen LogP contribution in [0.2, 0.25) is 0 Å². The lowest BCUT2D eigenvalue weighted by molar-refractivity contribution is -0.137. The molecule has 0 spiro atoms. The number of carbonyl (C=O) groups is 2. The molecule has 0 amide bonds. The summed E-state index contributed by atoms with van der Waals surface area (Å²) in [5, 5.41) is 11.8. The lowest BCUT2D eigenvalue weighted by Crippen LogP contribution is -2.23. The second-order valence-electron chi connectivity index (χ2n) is 2.90. The number of aldehydes is 1. The van der Waals surface area contributed by atoms with E-state index in [-0.39, 0.29) is 6.42 Å². The monoisotopic (exact) mass is 228 g/mol. The molecule has 0 unspecified atom stereocenters. The Balaban J connectivity index is 2.36. The highest BCUT2D eigenvalue weighted by Gasteiger charge is 2.08. The molecular formula is C9H12N2O3S. The van der Waals surface area contributed by atoms with Crippen molar-refractivity contribution >= 4 is 24.2 Å². The Morgan fingerprint density at radius 1 is 1.60 bits per heavy atom. The number of carbonyl (C=O) groups excluding carboxylic acids is 1. The van der Waals surface area contributed by atoms with Gasteiger partial charge in [0.25, 0.3) is 0 Å². The quantitative estimate of drug-likeness (QED) is 0.309. The molecule has 1 aliphatic rings. The van der Waals surface area contributed by atoms with E-state index in [1.165, 1.54) is 11.9 Å². The first-order chi connectivity index (χ1) is 7.24. The Labute approximate surface area is 91.9 Å². The molecule has 6 heteroatoms. The van der Waals surface area contributed by atoms with Gasteiger partial charge in [0.2, 0.25) is 0 Å². The summed E-state index contributed by atoms with van der Waals surface area (Å²) in [5.74, 6) is -0.814. The Kier molecular flexibility index (Phi) is 4.92. The van der Waals surface area contributed by atoms with Gasteiger partial charge in [0.1, 0.15) is 0 Å². The Morgan fingerprint density at radius 2 is 2.40 bits per heavy atom. The number of carboxylic acids is 1. The van der Waals surface area contributed by atoms with E-state index in [1.54, 1.807) is 17.3 Å². The fourth-order valence-electron chi connectivity index (χ4n) is 1.05. The molecule has 0 saturated heterocycles. The van der Waals surface area contributed by atoms with Gasteiger partial charge in [-0.05, 0) is 24.8 Å². The number of aliphatic carboxylic acids is 1. The topological polar surface area (TPSA) is 69.6 Å². The minimum atomic E-state index is -0.814. The molecule has 5 nitrogen and oxygen atoms in total. The van der Waals surface area contributed by atoms with Crippen LogP contribution in [-0.2, 0) is 9.59 Å². The minimum absolute atomic E-state index is 0.126. The molecule has 0 aromatic carbocycles. The van der Waals surface area contributed by atoms with Gasteiger partial charge < -0.3 is 5.11 Å². The van der Waals surface area contributed by atoms with E-state index < -0.39 is 5.97 Å². The van der Waals surface area contributed by atoms with Crippen LogP contribution in [0.4, 0.5) is 0 Å². The fourth-order valence-corrected chi connectivity index (χ4v) is 1.58. The molecule has 0 aromatic rings. The van der Waals surface area contributed by atoms with E-state index in [2.05, 4.69) is 4.83 Å². The highest BCUT2D eigenvalue weighted by molar-refractivity contribution is 8.00. The summed E-state index contributed by atoms with van der Waals surface area (Å²) in [4.78, 5) is 23.8. The van der Waals surface area contributed by atoms with Gasteiger partial charge in [-0.25, -0.2) is 0 Å². The van der Waals surface area contributed by atoms with Gasteiger partial charge in [-0.2, -0.15) is 4.83 Å². The molecular weight excluding hydrogens is 216 g/mol. The van der Waals surface area contributed by atoms with Gasteiger partial charge in [-0.15, -0.1) is 0 Å². The van der Waals surface area contributed by atoms with Crippen LogP contribution in [-0.4, -0.2) is 22.4 Å². The number of nitrogens with one attached hydrogen (secondary N) is 1. The van der Waals surface area contributed by atoms with Crippen LogP contribution in [0, 0.1) is 0 Å². The van der Waals surface area contributed by atoms with Gasteiger partial charge in [-0.1, -0.05) is 6.08 Å². The maximum atomic E-state index is 10.7. The summed E-state index contributed by atoms with van der Waals surface area (Å²) in [7, 11) is 0. The highest BCUT2D eigenvalue weighted by Crippen LogP contribution is 2.13. The summed E-state index contributed by atoms with van der Waals surface area (Å²) in [6.45, 7) is 0. The van der Waals surface area contributed by atoms with Crippen LogP contribution in [0.3, 0.4) is 0 Å². The third-order valence-corrected chi connectivity index (χ3v) is 2.34. The smallest absolute Gasteiger partial charge is 0.303 e. The number of allylic oxidation sites excluding steroid dienone is 2. The zero-order chi connectivity index (χ0) is 11.1. The van der Waals surface area contributed by atoms with Crippen molar-refractivity contribution in [1.82, 2.24) is 9.84 Å². The molecule has 0 aliphatic carbocycles. The van der Waals surface area contributed by atoms with Gasteiger partial charge in [0.15, 0.2) is 6.29 Å². The van der Waals surface area contributed by atoms with Crippen molar-refractivity contribution in [2.45, 2.75) is 19.3 Å². The number of carboxylic acid groups (broad SMARTS) is 1. The number of hydrogen-bond donors (Lipinski definition) is 2. The molecule has 82 valence electrons. The Hall–Kier alpha value is -1.27. The number of unbranched alkanes of at least 4 members (excludes halogenated alkanes) is 1. The van der Waals surface area contributed by atoms with Crippen LogP contribution in [0.1, 0.15) is 19.3 Å². The lowest BCUT2D eigenvalue weighted by Gasteiger charge is -2.13. The van der Waals surface area contributed by atoms with Crippen molar-refractivity contribution in [3.63, 3.8) is 0 Å². The first-order valence-electron chi connectivity index (χ1n) is 4.48. The van der Waals surface area contributed by atoms with E-state index in [4.69, 9.17) is 5.11 Å². The Bertz CT molecular complexity index is 302. The second kappa shape index (κ2) is 6.26. The molecule has 0 atom stereocenters. The second-order valence-corrected chi connectivity index (χ2v) is 3.59. The van der Waals surface area contributed by atoms with Gasteiger partial charge >= 0.3 is 5.97 Å². The van der Waals surface area contributed by atoms with E-state index in [0.717, 1.165) is 6.29 Å². The number of nitrogens with zero attached hydrogens (tertiary/aromatic N) is 1. The zero-order valence-corrected chi connectivity index (χ0v) is 8.87. The van der Waals surface area contributed by atoms with Crippen molar-refractivity contribution in [3.8, 4) is 0 Å². The third kappa shape index (κ3) is 4.18. The average molecular weight is 228 g/mol. The van der Waals surface area contributed by atoms with Crippen molar-refractivity contribution in [3.05, 3.63) is 23.4 Å². The standard InChI is InChI=1S/C9H12N2O3S/c12-7-8(11-5-6-15-10-11)3-1-2-4-9(13)14/h3,5-7,10H,1-2,4H2,(H,13,14). The normalized spacial score (nSPS) is 15.7. The van der Waals surface area contributed by atoms with Crippen LogP contribution in [0.5, 0.6) is 0 Å². The van der Waals surface area contributed by atoms with Crippen LogP contribution in [0.15, 0.2) is 23.4 Å². The van der Waals surface area contributed by atoms with Gasteiger partial charge in [0, 0.05) is 18.0 Å². The van der Waals surface area contributed by atoms with Crippen molar-refractivity contribution < 1.29 is 14.7 Å². The summed E-state index contributed by atoms with van der Waals surface area (Å²) in [5.41, 5.74) is 0.502. The fraction of sp³-hybridized carbons (Fsp3) is 0.333. The highest BCUT2D eigenvalue weighted by atomic mass is 32.2. The predicted molar refractivity (Wildman–Crippen MR) is 57.3 cm³/mol. The average Bonchev–Trinajstić information content (AvgIpc) is 2.70. The first-order valence-corrected chi connectivity index (χ1v) is 5.36. The number of hydrogen-bond acceptors (Lipinski definition) is 5. The summed E-state index contributed by atoms with van der Waals surface area (Å²) >= 11 is 1.37. The van der Waals surface area contributed by atoms with Gasteiger partial charge in [-0.3, -0.25) is 14.6 Å². The van der Waals surface area contributed by atoms with Crippen LogP contribution >= 0.6 is 11.9 Å². The van der Waals surface area contributed by atoms with Crippen molar-refractivity contribution in [1.29, 1.82) is 0 Å². The molecule has 1 rings (SSSR count). The molecule has 2 N–H and O–H groups in total. The molecule has 15 heavy (non-hydrogen) atoms. The van der Waals surface area contributed by atoms with E-state index in [0.29, 0.717) is 18.5 Å². The maximum absolute atomic E-state index is 10.7. The predicted octanol–water partition coefficient (Wildman–Crippen LogP) is 1.26. The zero-order valence-electron chi connectivity index (χ0n) is 8.05. The molecule has 0 bridgehead atoms. The molecule has 1 heterocycles. The minimum Gasteiger partial charge on any atom is -0.481 e. The number of rotatable bonds is 6. The molecule has 0 radical (unpaired) electrons. The van der Waals surface area contributed by atoms with Crippen molar-refractivity contribution in [2.75, 3.05) is 0 Å². The summed E-state index contributed by atoms with van der Waals surface area (Å²) in [6, 6.07) is 0. The molecule has 0 aromatic heterocycles. The third-order valence-electron chi connectivity index (χ3n) is 1.78. The van der Waals surface area contributed by atoms with Crippen LogP contribution in [0.25, 0.3) is 0 Å². The number of hydrazine groups is 1. The van der Waals surface area contributed by atoms with Gasteiger partial charge in [0.05, 0.1) is 5.70 Å². The SMILES string of the molecule is O=CC(=CCCCC(=O)O)N1C=CSN1. The first kappa shape index (κ1) is 11.8. The Morgan fingerprint density at radius 3 is 2.93 bits per heavy atom. The molecule has 1 aliphatic heterocycles. The lowest BCUT2D eigenvalue weighted by atomic mass is 10.2. The van der Waals surface area contributed by atoms with E-state index >= 15 is 0 Å². The largest absolute Gasteiger partial charge is 0.481 e. The van der Waals surface area contributed by atoms with Crippen LogP contribution < -0.4 is 4.83 Å². The summed E-state index contributed by atoms with van der Waals surface area (Å²) in [6.07, 6.45) is 5.44.